The second-order valence-corrected chi connectivity index (χ2v) is 4.58. The van der Waals surface area contributed by atoms with Crippen LogP contribution >= 0.6 is 24.0 Å². The van der Waals surface area contributed by atoms with E-state index in [1.165, 1.54) is 0 Å². The van der Waals surface area contributed by atoms with Gasteiger partial charge >= 0.3 is 0 Å². The van der Waals surface area contributed by atoms with Gasteiger partial charge in [0.05, 0.1) is 12.8 Å². The van der Waals surface area contributed by atoms with E-state index >= 15 is 0 Å². The molecule has 0 fully saturated rings. The lowest BCUT2D eigenvalue weighted by molar-refractivity contribution is 0.417. The van der Waals surface area contributed by atoms with Gasteiger partial charge in [-0.15, -0.1) is 24.0 Å². The summed E-state index contributed by atoms with van der Waals surface area (Å²) in [6, 6.07) is 10.6. The second-order valence-electron chi connectivity index (χ2n) is 4.58. The molecule has 0 bridgehead atoms. The van der Waals surface area contributed by atoms with Crippen molar-refractivity contribution in [2.45, 2.75) is 6.42 Å². The molecule has 0 aliphatic carbocycles. The summed E-state index contributed by atoms with van der Waals surface area (Å²) in [6.45, 7) is 0.244. The van der Waals surface area contributed by atoms with E-state index in [-0.39, 0.29) is 48.5 Å². The Balaban J connectivity index is 0.00000264. The van der Waals surface area contributed by atoms with Gasteiger partial charge < -0.3 is 15.8 Å². The number of para-hydroxylation sites is 2. The number of methoxy groups -OCH3 is 1. The van der Waals surface area contributed by atoms with Crippen LogP contribution in [-0.4, -0.2) is 19.6 Å². The Kier molecular flexibility index (Phi) is 7.73. The van der Waals surface area contributed by atoms with Crippen LogP contribution in [0.25, 0.3) is 0 Å². The molecule has 0 spiro atoms. The molecule has 0 amide bonds. The van der Waals surface area contributed by atoms with E-state index in [1.54, 1.807) is 19.2 Å². The maximum atomic E-state index is 13.5. The Hall–Kier alpha value is -1.90. The third-order valence-corrected chi connectivity index (χ3v) is 3.04. The smallest absolute Gasteiger partial charge is 0.193 e. The van der Waals surface area contributed by atoms with Gasteiger partial charge in [-0.25, -0.2) is 8.78 Å². The SMILES string of the molecule is COc1ccccc1NC(N)=NCCc1cc(F)ccc1F.I. The summed E-state index contributed by atoms with van der Waals surface area (Å²) >= 11 is 0. The first-order valence-electron chi connectivity index (χ1n) is 6.74. The molecule has 2 aromatic rings. The van der Waals surface area contributed by atoms with Crippen molar-refractivity contribution in [2.75, 3.05) is 19.0 Å². The highest BCUT2D eigenvalue weighted by molar-refractivity contribution is 14.0. The third kappa shape index (κ3) is 5.66. The van der Waals surface area contributed by atoms with Gasteiger partial charge in [0, 0.05) is 6.54 Å². The number of guanidine groups is 1. The molecule has 4 nitrogen and oxygen atoms in total. The third-order valence-electron chi connectivity index (χ3n) is 3.04. The van der Waals surface area contributed by atoms with Crippen molar-refractivity contribution in [2.24, 2.45) is 10.7 Å². The maximum Gasteiger partial charge on any atom is 0.193 e. The van der Waals surface area contributed by atoms with Gasteiger partial charge in [-0.2, -0.15) is 0 Å². The zero-order valence-corrected chi connectivity index (χ0v) is 14.9. The Labute approximate surface area is 150 Å². The van der Waals surface area contributed by atoms with Gasteiger partial charge in [0.15, 0.2) is 5.96 Å². The summed E-state index contributed by atoms with van der Waals surface area (Å²) in [5.41, 5.74) is 6.73. The van der Waals surface area contributed by atoms with Gasteiger partial charge in [-0.1, -0.05) is 12.1 Å². The Morgan fingerprint density at radius 2 is 1.96 bits per heavy atom. The lowest BCUT2D eigenvalue weighted by atomic mass is 10.1. The maximum absolute atomic E-state index is 13.5. The van der Waals surface area contributed by atoms with Crippen molar-refractivity contribution in [3.05, 3.63) is 59.7 Å². The van der Waals surface area contributed by atoms with E-state index in [9.17, 15) is 8.78 Å². The van der Waals surface area contributed by atoms with Crippen molar-refractivity contribution < 1.29 is 13.5 Å². The van der Waals surface area contributed by atoms with E-state index in [4.69, 9.17) is 10.5 Å². The van der Waals surface area contributed by atoms with Crippen molar-refractivity contribution in [3.63, 3.8) is 0 Å². The second kappa shape index (κ2) is 9.29. The molecule has 2 aromatic carbocycles. The van der Waals surface area contributed by atoms with Crippen molar-refractivity contribution >= 4 is 35.6 Å². The van der Waals surface area contributed by atoms with Gasteiger partial charge in [0.1, 0.15) is 17.4 Å². The molecule has 3 N–H and O–H groups in total. The normalized spacial score (nSPS) is 10.8. The summed E-state index contributed by atoms with van der Waals surface area (Å²) in [5, 5.41) is 2.91. The number of benzene rings is 2. The number of nitrogens with zero attached hydrogens (tertiary/aromatic N) is 1. The van der Waals surface area contributed by atoms with Crippen LogP contribution in [0.15, 0.2) is 47.5 Å². The van der Waals surface area contributed by atoms with Crippen LogP contribution in [0.2, 0.25) is 0 Å². The molecule has 0 heterocycles. The number of ether oxygens (including phenoxy) is 1. The largest absolute Gasteiger partial charge is 0.495 e. The van der Waals surface area contributed by atoms with Crippen molar-refractivity contribution in [1.29, 1.82) is 0 Å². The number of halogens is 3. The molecule has 0 aliphatic heterocycles. The van der Waals surface area contributed by atoms with E-state index in [1.807, 2.05) is 12.1 Å². The Morgan fingerprint density at radius 1 is 1.22 bits per heavy atom. The molecule has 7 heteroatoms. The summed E-state index contributed by atoms with van der Waals surface area (Å²) < 4.78 is 31.7. The first kappa shape index (κ1) is 19.1. The molecule has 0 atom stereocenters. The highest BCUT2D eigenvalue weighted by Gasteiger charge is 2.04. The Morgan fingerprint density at radius 3 is 2.70 bits per heavy atom. The first-order chi connectivity index (χ1) is 10.6. The van der Waals surface area contributed by atoms with E-state index < -0.39 is 11.6 Å². The van der Waals surface area contributed by atoms with Crippen LogP contribution in [0.5, 0.6) is 5.75 Å². The van der Waals surface area contributed by atoms with Crippen molar-refractivity contribution in [3.8, 4) is 5.75 Å². The molecule has 0 saturated heterocycles. The quantitative estimate of drug-likeness (QED) is 0.431. The van der Waals surface area contributed by atoms with Crippen molar-refractivity contribution in [1.82, 2.24) is 0 Å². The van der Waals surface area contributed by atoms with Crippen LogP contribution in [-0.2, 0) is 6.42 Å². The molecule has 0 aliphatic rings. The summed E-state index contributed by atoms with van der Waals surface area (Å²) in [5.74, 6) is -0.105. The summed E-state index contributed by atoms with van der Waals surface area (Å²) in [4.78, 5) is 4.10. The molecule has 23 heavy (non-hydrogen) atoms. The van der Waals surface area contributed by atoms with Crippen LogP contribution in [0.3, 0.4) is 0 Å². The molecular weight excluding hydrogens is 415 g/mol. The average molecular weight is 433 g/mol. The van der Waals surface area contributed by atoms with E-state index in [2.05, 4.69) is 10.3 Å². The monoisotopic (exact) mass is 433 g/mol. The lowest BCUT2D eigenvalue weighted by Crippen LogP contribution is -2.23. The fraction of sp³-hybridized carbons (Fsp3) is 0.188. The van der Waals surface area contributed by atoms with E-state index in [0.717, 1.165) is 18.2 Å². The molecular formula is C16H18F2IN3O. The molecule has 0 radical (unpaired) electrons. The van der Waals surface area contributed by atoms with Gasteiger partial charge in [0.2, 0.25) is 0 Å². The minimum absolute atomic E-state index is 0. The zero-order chi connectivity index (χ0) is 15.9. The summed E-state index contributed by atoms with van der Waals surface area (Å²) in [7, 11) is 1.56. The van der Waals surface area contributed by atoms with E-state index in [0.29, 0.717) is 11.4 Å². The van der Waals surface area contributed by atoms with Gasteiger partial charge in [-0.05, 0) is 42.3 Å². The number of hydrogen-bond acceptors (Lipinski definition) is 2. The lowest BCUT2D eigenvalue weighted by Gasteiger charge is -2.10. The fourth-order valence-electron chi connectivity index (χ4n) is 1.96. The number of anilines is 1. The molecule has 0 unspecified atom stereocenters. The highest BCUT2D eigenvalue weighted by Crippen LogP contribution is 2.22. The molecule has 124 valence electrons. The topological polar surface area (TPSA) is 59.6 Å². The van der Waals surface area contributed by atoms with Crippen LogP contribution in [0, 0.1) is 11.6 Å². The molecule has 0 saturated carbocycles. The molecule has 2 rings (SSSR count). The zero-order valence-electron chi connectivity index (χ0n) is 12.6. The number of rotatable bonds is 5. The fourth-order valence-corrected chi connectivity index (χ4v) is 1.96. The predicted molar refractivity (Wildman–Crippen MR) is 98.6 cm³/mol. The standard InChI is InChI=1S/C16H17F2N3O.HI/c1-22-15-5-3-2-4-14(15)21-16(19)20-9-8-11-10-12(17)6-7-13(11)18;/h2-7,10H,8-9H2,1H3,(H3,19,20,21);1H. The summed E-state index contributed by atoms with van der Waals surface area (Å²) in [6.07, 6.45) is 0.262. The highest BCUT2D eigenvalue weighted by atomic mass is 127. The number of nitrogens with one attached hydrogen (secondary N) is 1. The molecule has 0 aromatic heterocycles. The predicted octanol–water partition coefficient (Wildman–Crippen LogP) is 3.56. The van der Waals surface area contributed by atoms with Crippen LogP contribution < -0.4 is 15.8 Å². The minimum Gasteiger partial charge on any atom is -0.495 e. The minimum atomic E-state index is -0.472. The number of hydrogen-bond donors (Lipinski definition) is 2. The number of nitrogens with two attached hydrogens (primary N) is 1. The first-order valence-corrected chi connectivity index (χ1v) is 6.74. The van der Waals surface area contributed by atoms with Gasteiger partial charge in [-0.3, -0.25) is 4.99 Å². The number of aliphatic imine (C=N–C) groups is 1. The average Bonchev–Trinajstić information content (AvgIpc) is 2.51. The van der Waals surface area contributed by atoms with Crippen LogP contribution in [0.4, 0.5) is 14.5 Å². The Bertz CT molecular complexity index is 680. The van der Waals surface area contributed by atoms with Crippen LogP contribution in [0.1, 0.15) is 5.56 Å². The van der Waals surface area contributed by atoms with Gasteiger partial charge in [0.25, 0.3) is 0 Å².